The summed E-state index contributed by atoms with van der Waals surface area (Å²) in [5.41, 5.74) is 1.54. The largest absolute Gasteiger partial charge is 0.351 e. The Labute approximate surface area is 107 Å². The summed E-state index contributed by atoms with van der Waals surface area (Å²) in [6, 6.07) is 2.73. The number of aryl methyl sites for hydroxylation is 2. The molecule has 0 spiro atoms. The number of nitriles is 1. The van der Waals surface area contributed by atoms with Gasteiger partial charge in [-0.25, -0.2) is 0 Å². The molecule has 1 aromatic rings. The summed E-state index contributed by atoms with van der Waals surface area (Å²) < 4.78 is 1.84. The lowest BCUT2D eigenvalue weighted by Gasteiger charge is -2.38. The first-order chi connectivity index (χ1) is 8.06. The number of aromatic nitrogens is 2. The van der Waals surface area contributed by atoms with E-state index in [0.717, 1.165) is 29.4 Å². The van der Waals surface area contributed by atoms with Gasteiger partial charge in [0.25, 0.3) is 0 Å². The first kappa shape index (κ1) is 12.3. The number of hydrogen-bond acceptors (Lipinski definition) is 4. The Hall–Kier alpha value is -1.15. The van der Waals surface area contributed by atoms with Crippen molar-refractivity contribution in [2.75, 3.05) is 17.2 Å². The van der Waals surface area contributed by atoms with Crippen LogP contribution >= 0.6 is 11.8 Å². The highest BCUT2D eigenvalue weighted by molar-refractivity contribution is 8.00. The Balaban J connectivity index is 2.43. The molecule has 1 aliphatic heterocycles. The zero-order valence-corrected chi connectivity index (χ0v) is 11.6. The van der Waals surface area contributed by atoms with Crippen molar-refractivity contribution in [3.05, 3.63) is 11.3 Å². The molecule has 1 saturated heterocycles. The van der Waals surface area contributed by atoms with Gasteiger partial charge in [-0.1, -0.05) is 6.92 Å². The topological polar surface area (TPSA) is 44.9 Å². The van der Waals surface area contributed by atoms with E-state index in [-0.39, 0.29) is 0 Å². The molecule has 0 saturated carbocycles. The molecular weight excluding hydrogens is 232 g/mol. The first-order valence-corrected chi connectivity index (χ1v) is 6.93. The Morgan fingerprint density at radius 2 is 2.18 bits per heavy atom. The van der Waals surface area contributed by atoms with Gasteiger partial charge in [-0.2, -0.15) is 22.1 Å². The maximum atomic E-state index is 9.26. The second-order valence-electron chi connectivity index (χ2n) is 4.53. The predicted octanol–water partition coefficient (Wildman–Crippen LogP) is 1.93. The van der Waals surface area contributed by atoms with Gasteiger partial charge in [-0.3, -0.25) is 4.68 Å². The quantitative estimate of drug-likeness (QED) is 0.764. The van der Waals surface area contributed by atoms with E-state index in [1.54, 1.807) is 0 Å². The third-order valence-corrected chi connectivity index (χ3v) is 4.80. The molecule has 2 atom stereocenters. The molecule has 0 aliphatic carbocycles. The standard InChI is InChI=1S/C12H18N4S/c1-8-11(7-13)12(15(4)14-8)16-5-6-17-10(3)9(16)2/h9-10H,5-6H2,1-4H3. The van der Waals surface area contributed by atoms with Crippen LogP contribution in [0.25, 0.3) is 0 Å². The van der Waals surface area contributed by atoms with E-state index < -0.39 is 0 Å². The van der Waals surface area contributed by atoms with E-state index in [1.165, 1.54) is 0 Å². The summed E-state index contributed by atoms with van der Waals surface area (Å²) in [5, 5.41) is 14.2. The second kappa shape index (κ2) is 4.61. The fraction of sp³-hybridized carbons (Fsp3) is 0.667. The number of thioether (sulfide) groups is 1. The van der Waals surface area contributed by atoms with Gasteiger partial charge in [0.05, 0.1) is 5.69 Å². The Kier molecular flexibility index (Phi) is 3.34. The molecule has 92 valence electrons. The first-order valence-electron chi connectivity index (χ1n) is 5.88. The molecule has 2 heterocycles. The van der Waals surface area contributed by atoms with E-state index in [9.17, 15) is 5.26 Å². The highest BCUT2D eigenvalue weighted by atomic mass is 32.2. The van der Waals surface area contributed by atoms with E-state index in [2.05, 4.69) is 29.9 Å². The van der Waals surface area contributed by atoms with Gasteiger partial charge < -0.3 is 4.90 Å². The smallest absolute Gasteiger partial charge is 0.145 e. The molecule has 1 aromatic heterocycles. The molecule has 4 nitrogen and oxygen atoms in total. The minimum atomic E-state index is 0.440. The summed E-state index contributed by atoms with van der Waals surface area (Å²) in [7, 11) is 1.92. The molecule has 0 bridgehead atoms. The maximum Gasteiger partial charge on any atom is 0.145 e. The number of rotatable bonds is 1. The van der Waals surface area contributed by atoms with Crippen molar-refractivity contribution in [2.45, 2.75) is 32.1 Å². The average Bonchev–Trinajstić information content (AvgIpc) is 2.57. The average molecular weight is 250 g/mol. The van der Waals surface area contributed by atoms with Gasteiger partial charge in [0.2, 0.25) is 0 Å². The Morgan fingerprint density at radius 1 is 1.47 bits per heavy atom. The summed E-state index contributed by atoms with van der Waals surface area (Å²) in [5.74, 6) is 2.09. The van der Waals surface area contributed by atoms with Crippen molar-refractivity contribution in [2.24, 2.45) is 7.05 Å². The third kappa shape index (κ3) is 2.02. The van der Waals surface area contributed by atoms with Gasteiger partial charge in [0.1, 0.15) is 17.5 Å². The monoisotopic (exact) mass is 250 g/mol. The molecule has 5 heteroatoms. The Morgan fingerprint density at radius 3 is 2.82 bits per heavy atom. The van der Waals surface area contributed by atoms with Crippen LogP contribution in [0.3, 0.4) is 0 Å². The van der Waals surface area contributed by atoms with Gasteiger partial charge >= 0.3 is 0 Å². The van der Waals surface area contributed by atoms with Crippen LogP contribution in [0, 0.1) is 18.3 Å². The van der Waals surface area contributed by atoms with Crippen LogP contribution in [0.2, 0.25) is 0 Å². The Bertz CT molecular complexity index is 460. The van der Waals surface area contributed by atoms with Crippen LogP contribution in [0.4, 0.5) is 5.82 Å². The summed E-state index contributed by atoms with van der Waals surface area (Å²) >= 11 is 2.00. The van der Waals surface area contributed by atoms with Gasteiger partial charge in [0, 0.05) is 30.6 Å². The molecule has 0 N–H and O–H groups in total. The van der Waals surface area contributed by atoms with Crippen LogP contribution in [-0.2, 0) is 7.05 Å². The van der Waals surface area contributed by atoms with Crippen molar-refractivity contribution in [3.63, 3.8) is 0 Å². The van der Waals surface area contributed by atoms with E-state index in [1.807, 2.05) is 30.4 Å². The minimum absolute atomic E-state index is 0.440. The SMILES string of the molecule is Cc1nn(C)c(N2CCSC(C)C2C)c1C#N. The highest BCUT2D eigenvalue weighted by Gasteiger charge is 2.29. The van der Waals surface area contributed by atoms with Crippen molar-refractivity contribution in [1.29, 1.82) is 5.26 Å². The van der Waals surface area contributed by atoms with Crippen molar-refractivity contribution in [3.8, 4) is 6.07 Å². The molecule has 0 aromatic carbocycles. The normalized spacial score (nSPS) is 24.8. The van der Waals surface area contributed by atoms with E-state index in [4.69, 9.17) is 0 Å². The molecule has 0 amide bonds. The predicted molar refractivity (Wildman–Crippen MR) is 71.4 cm³/mol. The number of nitrogens with zero attached hydrogens (tertiary/aromatic N) is 4. The van der Waals surface area contributed by atoms with Gasteiger partial charge in [-0.15, -0.1) is 0 Å². The van der Waals surface area contributed by atoms with E-state index >= 15 is 0 Å². The summed E-state index contributed by atoms with van der Waals surface area (Å²) in [6.45, 7) is 7.36. The number of hydrogen-bond donors (Lipinski definition) is 0. The fourth-order valence-electron chi connectivity index (χ4n) is 2.34. The fourth-order valence-corrected chi connectivity index (χ4v) is 3.44. The second-order valence-corrected chi connectivity index (χ2v) is 6.01. The van der Waals surface area contributed by atoms with Crippen LogP contribution in [0.1, 0.15) is 25.1 Å². The van der Waals surface area contributed by atoms with Crippen LogP contribution in [0.5, 0.6) is 0 Å². The van der Waals surface area contributed by atoms with Crippen molar-refractivity contribution < 1.29 is 0 Å². The zero-order valence-electron chi connectivity index (χ0n) is 10.8. The molecular formula is C12H18N4S. The lowest BCUT2D eigenvalue weighted by Crippen LogP contribution is -2.45. The summed E-state index contributed by atoms with van der Waals surface area (Å²) in [6.07, 6.45) is 0. The molecule has 1 aliphatic rings. The number of anilines is 1. The van der Waals surface area contributed by atoms with Gasteiger partial charge in [-0.05, 0) is 13.8 Å². The maximum absolute atomic E-state index is 9.26. The van der Waals surface area contributed by atoms with Crippen LogP contribution in [-0.4, -0.2) is 33.4 Å². The van der Waals surface area contributed by atoms with Crippen molar-refractivity contribution in [1.82, 2.24) is 9.78 Å². The molecule has 2 rings (SSSR count). The molecule has 2 unspecified atom stereocenters. The molecule has 1 fully saturated rings. The lowest BCUT2D eigenvalue weighted by atomic mass is 10.1. The van der Waals surface area contributed by atoms with E-state index in [0.29, 0.717) is 11.3 Å². The molecule has 0 radical (unpaired) electrons. The lowest BCUT2D eigenvalue weighted by molar-refractivity contribution is 0.597. The van der Waals surface area contributed by atoms with Crippen LogP contribution < -0.4 is 4.90 Å². The zero-order chi connectivity index (χ0) is 12.6. The third-order valence-electron chi connectivity index (χ3n) is 3.46. The minimum Gasteiger partial charge on any atom is -0.351 e. The summed E-state index contributed by atoms with van der Waals surface area (Å²) in [4.78, 5) is 2.32. The highest BCUT2D eigenvalue weighted by Crippen LogP contribution is 2.31. The van der Waals surface area contributed by atoms with Crippen LogP contribution in [0.15, 0.2) is 0 Å². The van der Waals surface area contributed by atoms with Gasteiger partial charge in [0.15, 0.2) is 0 Å². The van der Waals surface area contributed by atoms with Crippen molar-refractivity contribution >= 4 is 17.6 Å². The molecule has 17 heavy (non-hydrogen) atoms.